The molecule has 1 aliphatic rings. The van der Waals surface area contributed by atoms with Gasteiger partial charge in [0.1, 0.15) is 0 Å². The molecule has 1 heterocycles. The number of rotatable bonds is 9. The lowest BCUT2D eigenvalue weighted by Crippen LogP contribution is -2.17. The summed E-state index contributed by atoms with van der Waals surface area (Å²) in [5.41, 5.74) is 19.9. The van der Waals surface area contributed by atoms with Gasteiger partial charge in [-0.25, -0.2) is 0 Å². The standard InChI is InChI=1S/C67H49N3/c1-67(2)61-30-16-14-28-56(61)57-40-38-54(45-62(57)67)68(50-23-8-4-9-24-50)53-39-42-65(69(51-25-10-5-11-26-51)63-32-18-22-48-21-12-13-27-55(48)63)59(44-53)49-35-41-66-60(43-49)58-29-15-17-31-64(58)70(66)52-36-33-47(34-37-52)46-19-6-3-7-20-46/h3-45H,1-2H3. The lowest BCUT2D eigenvalue weighted by molar-refractivity contribution is 0.660. The van der Waals surface area contributed by atoms with E-state index in [1.165, 1.54) is 60.4 Å². The number of hydrogen-bond donors (Lipinski definition) is 0. The summed E-state index contributed by atoms with van der Waals surface area (Å²) in [5.74, 6) is 0. The van der Waals surface area contributed by atoms with Crippen molar-refractivity contribution < 1.29 is 0 Å². The summed E-state index contributed by atoms with van der Waals surface area (Å²) in [7, 11) is 0. The first-order chi connectivity index (χ1) is 34.5. The van der Waals surface area contributed by atoms with Crippen molar-refractivity contribution in [3.8, 4) is 39.1 Å². The van der Waals surface area contributed by atoms with Crippen molar-refractivity contribution in [1.82, 2.24) is 4.57 Å². The highest BCUT2D eigenvalue weighted by Gasteiger charge is 2.36. The smallest absolute Gasteiger partial charge is 0.0541 e. The van der Waals surface area contributed by atoms with Crippen molar-refractivity contribution in [2.75, 3.05) is 9.80 Å². The Morgan fingerprint density at radius 3 is 1.67 bits per heavy atom. The van der Waals surface area contributed by atoms with Gasteiger partial charge in [0.2, 0.25) is 0 Å². The molecular formula is C67H49N3. The van der Waals surface area contributed by atoms with Gasteiger partial charge in [-0.2, -0.15) is 0 Å². The molecule has 0 atom stereocenters. The summed E-state index contributed by atoms with van der Waals surface area (Å²) in [5, 5.41) is 4.80. The van der Waals surface area contributed by atoms with Gasteiger partial charge in [-0.15, -0.1) is 0 Å². The summed E-state index contributed by atoms with van der Waals surface area (Å²) >= 11 is 0. The van der Waals surface area contributed by atoms with Crippen LogP contribution in [0, 0.1) is 0 Å². The number of para-hydroxylation sites is 3. The van der Waals surface area contributed by atoms with Crippen LogP contribution in [0.5, 0.6) is 0 Å². The molecule has 1 aromatic heterocycles. The van der Waals surface area contributed by atoms with Crippen LogP contribution < -0.4 is 9.80 Å². The second-order valence-corrected chi connectivity index (χ2v) is 18.9. The first-order valence-corrected chi connectivity index (χ1v) is 24.3. The molecule has 0 saturated carbocycles. The van der Waals surface area contributed by atoms with Crippen molar-refractivity contribution in [3.05, 3.63) is 272 Å². The minimum absolute atomic E-state index is 0.146. The number of anilines is 6. The number of aromatic nitrogens is 1. The lowest BCUT2D eigenvalue weighted by Gasteiger charge is -2.32. The van der Waals surface area contributed by atoms with E-state index in [-0.39, 0.29) is 5.41 Å². The van der Waals surface area contributed by atoms with E-state index in [0.29, 0.717) is 0 Å². The summed E-state index contributed by atoms with van der Waals surface area (Å²) in [6.07, 6.45) is 0. The predicted octanol–water partition coefficient (Wildman–Crippen LogP) is 18.5. The van der Waals surface area contributed by atoms with Crippen molar-refractivity contribution in [2.24, 2.45) is 0 Å². The Hall–Kier alpha value is -8.92. The maximum absolute atomic E-state index is 2.45. The van der Waals surface area contributed by atoms with E-state index < -0.39 is 0 Å². The van der Waals surface area contributed by atoms with Gasteiger partial charge < -0.3 is 14.4 Å². The van der Waals surface area contributed by atoms with Crippen LogP contribution in [0.25, 0.3) is 71.6 Å². The highest BCUT2D eigenvalue weighted by molar-refractivity contribution is 6.11. The Balaban J connectivity index is 1.04. The predicted molar refractivity (Wildman–Crippen MR) is 296 cm³/mol. The molecule has 1 aliphatic carbocycles. The van der Waals surface area contributed by atoms with Crippen LogP contribution in [0.4, 0.5) is 34.1 Å². The van der Waals surface area contributed by atoms with Gasteiger partial charge in [0.05, 0.1) is 22.4 Å². The summed E-state index contributed by atoms with van der Waals surface area (Å²) in [4.78, 5) is 4.88. The number of nitrogens with zero attached hydrogens (tertiary/aromatic N) is 3. The first-order valence-electron chi connectivity index (χ1n) is 24.3. The van der Waals surface area contributed by atoms with Crippen molar-refractivity contribution >= 4 is 66.7 Å². The highest BCUT2D eigenvalue weighted by atomic mass is 15.2. The van der Waals surface area contributed by atoms with Crippen molar-refractivity contribution in [3.63, 3.8) is 0 Å². The van der Waals surface area contributed by atoms with Gasteiger partial charge in [-0.05, 0) is 135 Å². The van der Waals surface area contributed by atoms with Gasteiger partial charge in [0.25, 0.3) is 0 Å². The average Bonchev–Trinajstić information content (AvgIpc) is 3.87. The zero-order chi connectivity index (χ0) is 46.8. The quantitative estimate of drug-likeness (QED) is 0.143. The van der Waals surface area contributed by atoms with Crippen LogP contribution in [0.3, 0.4) is 0 Å². The molecule has 0 bridgehead atoms. The Kier molecular flexibility index (Phi) is 9.85. The van der Waals surface area contributed by atoms with E-state index in [9.17, 15) is 0 Å². The van der Waals surface area contributed by atoms with Crippen LogP contribution in [-0.2, 0) is 5.41 Å². The third-order valence-electron chi connectivity index (χ3n) is 14.6. The number of hydrogen-bond acceptors (Lipinski definition) is 2. The SMILES string of the molecule is CC1(C)c2ccccc2-c2ccc(N(c3ccccc3)c3ccc(N(c4ccccc4)c4cccc5ccccc45)c(-c4ccc5c(c4)c4ccccc4n5-c4ccc(-c5ccccc5)cc4)c3)cc21. The van der Waals surface area contributed by atoms with Gasteiger partial charge in [0.15, 0.2) is 0 Å². The Labute approximate surface area is 409 Å². The molecule has 0 radical (unpaired) electrons. The third kappa shape index (κ3) is 6.81. The molecule has 0 fully saturated rings. The van der Waals surface area contributed by atoms with Gasteiger partial charge in [0, 0.05) is 55.6 Å². The van der Waals surface area contributed by atoms with Crippen molar-refractivity contribution in [2.45, 2.75) is 19.3 Å². The highest BCUT2D eigenvalue weighted by Crippen LogP contribution is 2.52. The summed E-state index contributed by atoms with van der Waals surface area (Å²) in [6.45, 7) is 4.72. The number of benzene rings is 11. The maximum Gasteiger partial charge on any atom is 0.0541 e. The molecule has 332 valence electrons. The minimum Gasteiger partial charge on any atom is -0.310 e. The molecule has 0 saturated heterocycles. The van der Waals surface area contributed by atoms with E-state index in [1.54, 1.807) is 0 Å². The van der Waals surface area contributed by atoms with Crippen LogP contribution in [0.2, 0.25) is 0 Å². The third-order valence-corrected chi connectivity index (χ3v) is 14.6. The first kappa shape index (κ1) is 41.3. The summed E-state index contributed by atoms with van der Waals surface area (Å²) < 4.78 is 2.41. The Morgan fingerprint density at radius 1 is 0.314 bits per heavy atom. The fourth-order valence-corrected chi connectivity index (χ4v) is 11.2. The number of fused-ring (bicyclic) bond motifs is 7. The molecule has 3 nitrogen and oxygen atoms in total. The second-order valence-electron chi connectivity index (χ2n) is 18.9. The van der Waals surface area contributed by atoms with Crippen LogP contribution in [0.1, 0.15) is 25.0 Å². The molecule has 0 amide bonds. The molecule has 13 rings (SSSR count). The maximum atomic E-state index is 2.45. The molecule has 0 N–H and O–H groups in total. The Bertz CT molecular complexity index is 3900. The minimum atomic E-state index is -0.146. The zero-order valence-electron chi connectivity index (χ0n) is 39.2. The normalized spacial score (nSPS) is 12.5. The molecule has 0 spiro atoms. The molecule has 0 aliphatic heterocycles. The second kappa shape index (κ2) is 16.7. The molecule has 0 unspecified atom stereocenters. The monoisotopic (exact) mass is 895 g/mol. The fourth-order valence-electron chi connectivity index (χ4n) is 11.2. The van der Waals surface area contributed by atoms with E-state index in [0.717, 1.165) is 56.5 Å². The lowest BCUT2D eigenvalue weighted by atomic mass is 9.82. The van der Waals surface area contributed by atoms with Crippen LogP contribution in [0.15, 0.2) is 261 Å². The average molecular weight is 896 g/mol. The fraction of sp³-hybridized carbons (Fsp3) is 0.0448. The molecule has 3 heteroatoms. The van der Waals surface area contributed by atoms with Gasteiger partial charge >= 0.3 is 0 Å². The van der Waals surface area contributed by atoms with Crippen LogP contribution >= 0.6 is 0 Å². The van der Waals surface area contributed by atoms with E-state index in [2.05, 4.69) is 289 Å². The van der Waals surface area contributed by atoms with Gasteiger partial charge in [-0.3, -0.25) is 0 Å². The zero-order valence-corrected chi connectivity index (χ0v) is 39.2. The molecular weight excluding hydrogens is 847 g/mol. The van der Waals surface area contributed by atoms with Crippen LogP contribution in [-0.4, -0.2) is 4.57 Å². The molecule has 12 aromatic rings. The Morgan fingerprint density at radius 2 is 0.886 bits per heavy atom. The van der Waals surface area contributed by atoms with Crippen molar-refractivity contribution in [1.29, 1.82) is 0 Å². The van der Waals surface area contributed by atoms with E-state index in [4.69, 9.17) is 0 Å². The van der Waals surface area contributed by atoms with Gasteiger partial charge in [-0.1, -0.05) is 184 Å². The summed E-state index contributed by atoms with van der Waals surface area (Å²) in [6, 6.07) is 95.5. The van der Waals surface area contributed by atoms with E-state index in [1.807, 2.05) is 0 Å². The molecule has 70 heavy (non-hydrogen) atoms. The van der Waals surface area contributed by atoms with E-state index >= 15 is 0 Å². The molecule has 11 aromatic carbocycles. The topological polar surface area (TPSA) is 11.4 Å². The largest absolute Gasteiger partial charge is 0.310 e.